The molecule has 1 aromatic carbocycles. The predicted molar refractivity (Wildman–Crippen MR) is 67.0 cm³/mol. The Bertz CT molecular complexity index is 343. The van der Waals surface area contributed by atoms with E-state index in [0.717, 1.165) is 24.8 Å². The van der Waals surface area contributed by atoms with Gasteiger partial charge in [-0.2, -0.15) is 0 Å². The third-order valence-electron chi connectivity index (χ3n) is 2.70. The van der Waals surface area contributed by atoms with E-state index in [1.807, 2.05) is 26.0 Å². The van der Waals surface area contributed by atoms with Crippen LogP contribution in [0.25, 0.3) is 0 Å². The highest BCUT2D eigenvalue weighted by molar-refractivity contribution is 5.89. The summed E-state index contributed by atoms with van der Waals surface area (Å²) in [4.78, 5) is 11.7. The Kier molecular flexibility index (Phi) is 5.70. The average Bonchev–Trinajstić information content (AvgIpc) is 2.36. The van der Waals surface area contributed by atoms with E-state index in [0.29, 0.717) is 5.56 Å². The molecule has 0 aliphatic heterocycles. The van der Waals surface area contributed by atoms with Crippen molar-refractivity contribution >= 4 is 5.97 Å². The lowest BCUT2D eigenvalue weighted by molar-refractivity contribution is 0.0334. The van der Waals surface area contributed by atoms with Crippen LogP contribution in [0, 0.1) is 0 Å². The lowest BCUT2D eigenvalue weighted by Crippen LogP contribution is -2.13. The van der Waals surface area contributed by atoms with Gasteiger partial charge in [-0.25, -0.2) is 4.79 Å². The molecule has 0 fully saturated rings. The van der Waals surface area contributed by atoms with Gasteiger partial charge in [0.05, 0.1) is 11.7 Å². The van der Waals surface area contributed by atoms with Gasteiger partial charge < -0.3 is 9.84 Å². The van der Waals surface area contributed by atoms with Crippen LogP contribution in [0.3, 0.4) is 0 Å². The van der Waals surface area contributed by atoms with E-state index >= 15 is 0 Å². The Morgan fingerprint density at radius 1 is 1.35 bits per heavy atom. The molecule has 0 saturated heterocycles. The molecule has 94 valence electrons. The minimum Gasteiger partial charge on any atom is -0.459 e. The fourth-order valence-corrected chi connectivity index (χ4v) is 1.42. The molecule has 0 heterocycles. The molecule has 1 N–H and O–H groups in total. The summed E-state index contributed by atoms with van der Waals surface area (Å²) in [6, 6.07) is 7.36. The zero-order valence-electron chi connectivity index (χ0n) is 10.5. The van der Waals surface area contributed by atoms with E-state index in [9.17, 15) is 4.79 Å². The monoisotopic (exact) mass is 236 g/mol. The highest BCUT2D eigenvalue weighted by Gasteiger charge is 2.10. The van der Waals surface area contributed by atoms with E-state index in [-0.39, 0.29) is 18.7 Å². The quantitative estimate of drug-likeness (QED) is 0.772. The van der Waals surface area contributed by atoms with Gasteiger partial charge in [0.2, 0.25) is 0 Å². The highest BCUT2D eigenvalue weighted by atomic mass is 16.5. The molecule has 1 rings (SSSR count). The number of aliphatic hydroxyl groups is 1. The maximum absolute atomic E-state index is 11.7. The second-order valence-corrected chi connectivity index (χ2v) is 4.15. The third-order valence-corrected chi connectivity index (χ3v) is 2.70. The van der Waals surface area contributed by atoms with Crippen molar-refractivity contribution in [3.8, 4) is 0 Å². The van der Waals surface area contributed by atoms with Crippen molar-refractivity contribution in [3.63, 3.8) is 0 Å². The molecular weight excluding hydrogens is 216 g/mol. The summed E-state index contributed by atoms with van der Waals surface area (Å²) in [5.41, 5.74) is 1.71. The summed E-state index contributed by atoms with van der Waals surface area (Å²) in [5.74, 6) is -0.270. The number of hydrogen-bond acceptors (Lipinski definition) is 3. The molecule has 0 aromatic heterocycles. The number of hydrogen-bond donors (Lipinski definition) is 1. The van der Waals surface area contributed by atoms with Gasteiger partial charge in [0.25, 0.3) is 0 Å². The lowest BCUT2D eigenvalue weighted by atomic mass is 10.1. The van der Waals surface area contributed by atoms with Crippen molar-refractivity contribution in [2.24, 2.45) is 0 Å². The standard InChI is InChI=1S/C14H20O3/c1-3-11(2)17-14(16)13-8-6-12(7-9-13)5-4-10-15/h6-9,11,15H,3-5,10H2,1-2H3. The van der Waals surface area contributed by atoms with Gasteiger partial charge in [0.1, 0.15) is 0 Å². The van der Waals surface area contributed by atoms with Crippen LogP contribution in [0.4, 0.5) is 0 Å². The topological polar surface area (TPSA) is 46.5 Å². The Morgan fingerprint density at radius 2 is 2.00 bits per heavy atom. The number of aliphatic hydroxyl groups excluding tert-OH is 1. The molecule has 0 saturated carbocycles. The van der Waals surface area contributed by atoms with Gasteiger partial charge in [-0.1, -0.05) is 19.1 Å². The minimum absolute atomic E-state index is 0.0448. The van der Waals surface area contributed by atoms with Gasteiger partial charge in [0.15, 0.2) is 0 Å². The van der Waals surface area contributed by atoms with E-state index in [1.165, 1.54) is 0 Å². The first-order valence-electron chi connectivity index (χ1n) is 6.08. The van der Waals surface area contributed by atoms with Crippen LogP contribution in [0.2, 0.25) is 0 Å². The molecule has 0 spiro atoms. The van der Waals surface area contributed by atoms with Crippen LogP contribution in [0.5, 0.6) is 0 Å². The summed E-state index contributed by atoms with van der Waals surface area (Å²) in [7, 11) is 0. The molecule has 17 heavy (non-hydrogen) atoms. The molecule has 0 bridgehead atoms. The summed E-state index contributed by atoms with van der Waals surface area (Å²) in [6.07, 6.45) is 2.35. The van der Waals surface area contributed by atoms with Crippen molar-refractivity contribution in [1.82, 2.24) is 0 Å². The lowest BCUT2D eigenvalue weighted by Gasteiger charge is -2.10. The van der Waals surface area contributed by atoms with Crippen LogP contribution in [-0.4, -0.2) is 23.8 Å². The molecule has 0 amide bonds. The largest absolute Gasteiger partial charge is 0.459 e. The van der Waals surface area contributed by atoms with E-state index in [4.69, 9.17) is 9.84 Å². The van der Waals surface area contributed by atoms with Gasteiger partial charge in [-0.15, -0.1) is 0 Å². The number of benzene rings is 1. The van der Waals surface area contributed by atoms with Gasteiger partial charge in [-0.3, -0.25) is 0 Å². The smallest absolute Gasteiger partial charge is 0.338 e. The summed E-state index contributed by atoms with van der Waals surface area (Å²) in [6.45, 7) is 4.06. The number of carbonyl (C=O) groups excluding carboxylic acids is 1. The Morgan fingerprint density at radius 3 is 2.53 bits per heavy atom. The van der Waals surface area contributed by atoms with E-state index in [2.05, 4.69) is 0 Å². The third kappa shape index (κ3) is 4.57. The molecule has 0 radical (unpaired) electrons. The molecule has 1 unspecified atom stereocenters. The van der Waals surface area contributed by atoms with E-state index < -0.39 is 0 Å². The molecule has 3 nitrogen and oxygen atoms in total. The second kappa shape index (κ2) is 7.07. The van der Waals surface area contributed by atoms with Crippen molar-refractivity contribution in [2.75, 3.05) is 6.61 Å². The number of carbonyl (C=O) groups is 1. The van der Waals surface area contributed by atoms with Crippen molar-refractivity contribution < 1.29 is 14.6 Å². The van der Waals surface area contributed by atoms with Gasteiger partial charge >= 0.3 is 5.97 Å². The number of rotatable bonds is 6. The van der Waals surface area contributed by atoms with E-state index in [1.54, 1.807) is 12.1 Å². The fraction of sp³-hybridized carbons (Fsp3) is 0.500. The normalized spacial score (nSPS) is 12.2. The SMILES string of the molecule is CCC(C)OC(=O)c1ccc(CCCO)cc1. The molecule has 0 aliphatic rings. The van der Waals surface area contributed by atoms with Crippen LogP contribution in [0.15, 0.2) is 24.3 Å². The number of aryl methyl sites for hydroxylation is 1. The molecule has 1 aromatic rings. The first-order chi connectivity index (χ1) is 8.17. The molecule has 3 heteroatoms. The zero-order chi connectivity index (χ0) is 12.7. The highest BCUT2D eigenvalue weighted by Crippen LogP contribution is 2.09. The van der Waals surface area contributed by atoms with Crippen molar-refractivity contribution in [2.45, 2.75) is 39.2 Å². The van der Waals surface area contributed by atoms with Crippen molar-refractivity contribution in [3.05, 3.63) is 35.4 Å². The summed E-state index contributed by atoms with van der Waals surface area (Å²) >= 11 is 0. The maximum atomic E-state index is 11.7. The number of esters is 1. The minimum atomic E-state index is -0.270. The summed E-state index contributed by atoms with van der Waals surface area (Å²) in [5, 5.41) is 8.72. The Labute approximate surface area is 102 Å². The van der Waals surface area contributed by atoms with Crippen molar-refractivity contribution in [1.29, 1.82) is 0 Å². The maximum Gasteiger partial charge on any atom is 0.338 e. The Balaban J connectivity index is 2.57. The Hall–Kier alpha value is -1.35. The molecule has 0 aliphatic carbocycles. The number of ether oxygens (including phenoxy) is 1. The zero-order valence-corrected chi connectivity index (χ0v) is 10.5. The summed E-state index contributed by atoms with van der Waals surface area (Å²) < 4.78 is 5.23. The average molecular weight is 236 g/mol. The van der Waals surface area contributed by atoms with Crippen LogP contribution in [-0.2, 0) is 11.2 Å². The van der Waals surface area contributed by atoms with Gasteiger partial charge in [0, 0.05) is 6.61 Å². The van der Waals surface area contributed by atoms with Crippen LogP contribution in [0.1, 0.15) is 42.6 Å². The molecular formula is C14H20O3. The second-order valence-electron chi connectivity index (χ2n) is 4.15. The van der Waals surface area contributed by atoms with Crippen LogP contribution < -0.4 is 0 Å². The van der Waals surface area contributed by atoms with Gasteiger partial charge in [-0.05, 0) is 43.9 Å². The fourth-order valence-electron chi connectivity index (χ4n) is 1.42. The predicted octanol–water partition coefficient (Wildman–Crippen LogP) is 2.57. The molecule has 1 atom stereocenters. The first-order valence-corrected chi connectivity index (χ1v) is 6.08. The first kappa shape index (κ1) is 13.7. The van der Waals surface area contributed by atoms with Crippen LogP contribution >= 0.6 is 0 Å².